The molecule has 2 rings (SSSR count). The molecule has 0 spiro atoms. The van der Waals surface area contributed by atoms with Gasteiger partial charge in [-0.15, -0.1) is 0 Å². The Morgan fingerprint density at radius 1 is 1.35 bits per heavy atom. The van der Waals surface area contributed by atoms with Gasteiger partial charge in [-0.05, 0) is 30.2 Å². The summed E-state index contributed by atoms with van der Waals surface area (Å²) < 4.78 is 11.2. The van der Waals surface area contributed by atoms with Gasteiger partial charge in [-0.1, -0.05) is 25.7 Å². The van der Waals surface area contributed by atoms with Gasteiger partial charge in [0.1, 0.15) is 11.9 Å². The Balaban J connectivity index is 2.28. The van der Waals surface area contributed by atoms with Gasteiger partial charge >= 0.3 is 0 Å². The van der Waals surface area contributed by atoms with Gasteiger partial charge in [0.05, 0.1) is 14.3 Å². The minimum Gasteiger partial charge on any atom is -0.467 e. The van der Waals surface area contributed by atoms with Gasteiger partial charge in [0.25, 0.3) is 0 Å². The molecule has 0 aromatic carbocycles. The van der Waals surface area contributed by atoms with Crippen molar-refractivity contribution in [1.29, 1.82) is 0 Å². The first-order valence-corrected chi connectivity index (χ1v) is 9.47. The van der Waals surface area contributed by atoms with Crippen molar-refractivity contribution < 1.29 is 14.3 Å². The van der Waals surface area contributed by atoms with Crippen molar-refractivity contribution in [3.8, 4) is 0 Å². The predicted octanol–water partition coefficient (Wildman–Crippen LogP) is 2.55. The molecule has 2 unspecified atom stereocenters. The van der Waals surface area contributed by atoms with Gasteiger partial charge in [-0.2, -0.15) is 0 Å². The fourth-order valence-electron chi connectivity index (χ4n) is 2.07. The summed E-state index contributed by atoms with van der Waals surface area (Å²) in [5.74, 6) is 0.895. The van der Waals surface area contributed by atoms with Gasteiger partial charge in [-0.25, -0.2) is 0 Å². The Morgan fingerprint density at radius 3 is 2.65 bits per heavy atom. The van der Waals surface area contributed by atoms with E-state index < -0.39 is 14.4 Å². The highest BCUT2D eigenvalue weighted by Gasteiger charge is 2.30. The molecule has 17 heavy (non-hydrogen) atoms. The highest BCUT2D eigenvalue weighted by Crippen LogP contribution is 2.30. The number of hydrogen-bond acceptors (Lipinski definition) is 3. The number of furan rings is 1. The molecule has 0 saturated heterocycles. The third-order valence-electron chi connectivity index (χ3n) is 3.13. The van der Waals surface area contributed by atoms with Crippen molar-refractivity contribution in [3.63, 3.8) is 0 Å². The number of rotatable bonds is 2. The molecule has 0 aliphatic carbocycles. The number of aliphatic hydroxyl groups is 1. The zero-order valence-electron chi connectivity index (χ0n) is 10.9. The molecule has 0 saturated carbocycles. The maximum atomic E-state index is 9.72. The van der Waals surface area contributed by atoms with Crippen molar-refractivity contribution in [2.45, 2.75) is 45.4 Å². The van der Waals surface area contributed by atoms with Crippen LogP contribution in [0.15, 0.2) is 28.4 Å². The predicted molar refractivity (Wildman–Crippen MR) is 69.9 cm³/mol. The van der Waals surface area contributed by atoms with Crippen molar-refractivity contribution >= 4 is 13.3 Å². The van der Waals surface area contributed by atoms with Crippen LogP contribution in [0.1, 0.15) is 25.2 Å². The highest BCUT2D eigenvalue weighted by atomic mass is 28.3. The van der Waals surface area contributed by atoms with Crippen LogP contribution in [-0.4, -0.2) is 19.5 Å². The molecular weight excluding hydrogens is 232 g/mol. The lowest BCUT2D eigenvalue weighted by atomic mass is 10.1. The van der Waals surface area contributed by atoms with Crippen molar-refractivity contribution in [2.24, 2.45) is 0 Å². The minimum atomic E-state index is -1.42. The molecule has 94 valence electrons. The molecule has 1 aliphatic heterocycles. The third kappa shape index (κ3) is 2.54. The van der Waals surface area contributed by atoms with Crippen LogP contribution in [0.25, 0.3) is 0 Å². The smallest absolute Gasteiger partial charge is 0.177 e. The van der Waals surface area contributed by atoms with E-state index in [0.29, 0.717) is 0 Å². The minimum absolute atomic E-state index is 0.148. The average Bonchev–Trinajstić information content (AvgIpc) is 2.70. The van der Waals surface area contributed by atoms with Gasteiger partial charge in [-0.3, -0.25) is 0 Å². The molecule has 1 aliphatic rings. The number of aliphatic hydroxyl groups excluding tert-OH is 1. The summed E-state index contributed by atoms with van der Waals surface area (Å²) >= 11 is 0. The first-order valence-electron chi connectivity index (χ1n) is 5.97. The van der Waals surface area contributed by atoms with E-state index in [1.54, 1.807) is 6.26 Å². The molecule has 0 fully saturated rings. The topological polar surface area (TPSA) is 42.6 Å². The zero-order valence-corrected chi connectivity index (χ0v) is 11.9. The normalized spacial score (nSPS) is 25.8. The quantitative estimate of drug-likeness (QED) is 0.650. The number of hydrogen-bond donors (Lipinski definition) is 1. The van der Waals surface area contributed by atoms with Crippen molar-refractivity contribution in [1.82, 2.24) is 0 Å². The van der Waals surface area contributed by atoms with Gasteiger partial charge in [0.15, 0.2) is 6.29 Å². The Morgan fingerprint density at radius 2 is 2.06 bits per heavy atom. The SMILES string of the molecule is CC1=CCC(c2occc2[Si](C)(C)C)OC1O. The molecular formula is C13H20O3Si. The third-order valence-corrected chi connectivity index (χ3v) is 5.16. The molecule has 4 heteroatoms. The van der Waals surface area contributed by atoms with Gasteiger partial charge in [0, 0.05) is 0 Å². The second kappa shape index (κ2) is 4.44. The summed E-state index contributed by atoms with van der Waals surface area (Å²) in [6, 6.07) is 2.04. The van der Waals surface area contributed by atoms with E-state index in [0.717, 1.165) is 17.8 Å². The summed E-state index contributed by atoms with van der Waals surface area (Å²) in [6.45, 7) is 8.72. The summed E-state index contributed by atoms with van der Waals surface area (Å²) in [6.07, 6.45) is 3.58. The van der Waals surface area contributed by atoms with Crippen molar-refractivity contribution in [3.05, 3.63) is 29.7 Å². The van der Waals surface area contributed by atoms with Crippen LogP contribution in [0.4, 0.5) is 0 Å². The van der Waals surface area contributed by atoms with Gasteiger partial charge in [0.2, 0.25) is 0 Å². The molecule has 1 aromatic rings. The van der Waals surface area contributed by atoms with Crippen LogP contribution in [0.5, 0.6) is 0 Å². The molecule has 1 N–H and O–H groups in total. The summed E-state index contributed by atoms with van der Waals surface area (Å²) in [5, 5.41) is 11.0. The van der Waals surface area contributed by atoms with E-state index in [1.165, 1.54) is 5.19 Å². The van der Waals surface area contributed by atoms with E-state index in [2.05, 4.69) is 19.6 Å². The van der Waals surface area contributed by atoms with Crippen LogP contribution in [0.2, 0.25) is 19.6 Å². The van der Waals surface area contributed by atoms with Crippen LogP contribution >= 0.6 is 0 Å². The second-order valence-electron chi connectivity index (χ2n) is 5.61. The lowest BCUT2D eigenvalue weighted by Crippen LogP contribution is -2.40. The van der Waals surface area contributed by atoms with Crippen LogP contribution < -0.4 is 5.19 Å². The molecule has 2 atom stereocenters. The fraction of sp³-hybridized carbons (Fsp3) is 0.538. The lowest BCUT2D eigenvalue weighted by Gasteiger charge is -2.27. The largest absolute Gasteiger partial charge is 0.467 e. The lowest BCUT2D eigenvalue weighted by molar-refractivity contribution is -0.126. The Bertz CT molecular complexity index is 428. The van der Waals surface area contributed by atoms with E-state index in [1.807, 2.05) is 19.1 Å². The van der Waals surface area contributed by atoms with Crippen LogP contribution in [0.3, 0.4) is 0 Å². The van der Waals surface area contributed by atoms with Gasteiger partial charge < -0.3 is 14.3 Å². The molecule has 1 aromatic heterocycles. The van der Waals surface area contributed by atoms with E-state index in [9.17, 15) is 5.11 Å². The molecule has 0 radical (unpaired) electrons. The average molecular weight is 252 g/mol. The number of ether oxygens (including phenoxy) is 1. The summed E-state index contributed by atoms with van der Waals surface area (Å²) in [4.78, 5) is 0. The maximum absolute atomic E-state index is 9.72. The van der Waals surface area contributed by atoms with E-state index in [4.69, 9.17) is 9.15 Å². The molecule has 0 amide bonds. The second-order valence-corrected chi connectivity index (χ2v) is 10.6. The van der Waals surface area contributed by atoms with Crippen LogP contribution in [-0.2, 0) is 4.74 Å². The first kappa shape index (κ1) is 12.6. The molecule has 0 bridgehead atoms. The highest BCUT2D eigenvalue weighted by molar-refractivity contribution is 6.89. The maximum Gasteiger partial charge on any atom is 0.177 e. The summed E-state index contributed by atoms with van der Waals surface area (Å²) in [5.41, 5.74) is 0.877. The van der Waals surface area contributed by atoms with Crippen molar-refractivity contribution in [2.75, 3.05) is 0 Å². The Labute approximate surface area is 103 Å². The van der Waals surface area contributed by atoms with E-state index in [-0.39, 0.29) is 6.10 Å². The van der Waals surface area contributed by atoms with Crippen LogP contribution in [0, 0.1) is 0 Å². The Kier molecular flexibility index (Phi) is 3.29. The molecule has 3 nitrogen and oxygen atoms in total. The fourth-order valence-corrected chi connectivity index (χ4v) is 3.60. The first-order chi connectivity index (χ1) is 7.89. The van der Waals surface area contributed by atoms with E-state index >= 15 is 0 Å². The standard InChI is InChI=1S/C13H20O3Si/c1-9-5-6-10(16-13(9)14)12-11(7-8-15-12)17(2,3)4/h5,7-8,10,13-14H,6H2,1-4H3. The monoisotopic (exact) mass is 252 g/mol. The zero-order chi connectivity index (χ0) is 12.6. The summed E-state index contributed by atoms with van der Waals surface area (Å²) in [7, 11) is -1.42. The molecule has 2 heterocycles. The Hall–Kier alpha value is -0.843.